The Balaban J connectivity index is 1.68. The summed E-state index contributed by atoms with van der Waals surface area (Å²) in [6, 6.07) is 6.44. The highest BCUT2D eigenvalue weighted by Gasteiger charge is 2.37. The maximum absolute atomic E-state index is 15.1. The molecule has 3 aromatic rings. The van der Waals surface area contributed by atoms with E-state index in [2.05, 4.69) is 41.5 Å². The van der Waals surface area contributed by atoms with Crippen LogP contribution in [0.25, 0.3) is 0 Å². The second-order valence-corrected chi connectivity index (χ2v) is 10.2. The van der Waals surface area contributed by atoms with Crippen molar-refractivity contribution in [2.75, 3.05) is 5.32 Å². The van der Waals surface area contributed by atoms with Crippen LogP contribution in [0.2, 0.25) is 0 Å². The largest absolute Gasteiger partial charge is 0.444 e. The summed E-state index contributed by atoms with van der Waals surface area (Å²) in [5.41, 5.74) is -1.46. The average molecular weight is 561 g/mol. The van der Waals surface area contributed by atoms with Crippen molar-refractivity contribution in [1.29, 1.82) is 0 Å². The molecule has 1 aromatic carbocycles. The Kier molecular flexibility index (Phi) is 6.65. The van der Waals surface area contributed by atoms with Gasteiger partial charge in [-0.25, -0.2) is 23.5 Å². The fourth-order valence-corrected chi connectivity index (χ4v) is 4.12. The van der Waals surface area contributed by atoms with Crippen LogP contribution in [0.1, 0.15) is 49.6 Å². The van der Waals surface area contributed by atoms with Crippen molar-refractivity contribution in [3.05, 3.63) is 76.0 Å². The molecule has 2 aromatic heterocycles. The molecular formula is C24H23BrF2N6O3. The second-order valence-electron chi connectivity index (χ2n) is 9.39. The molecule has 12 heteroatoms. The molecule has 0 aliphatic carbocycles. The molecule has 2 amide bonds. The van der Waals surface area contributed by atoms with Gasteiger partial charge in [0.05, 0.1) is 12.7 Å². The van der Waals surface area contributed by atoms with Crippen molar-refractivity contribution in [1.82, 2.24) is 19.9 Å². The summed E-state index contributed by atoms with van der Waals surface area (Å²) in [5, 5.41) is 5.25. The molecule has 1 unspecified atom stereocenters. The molecule has 1 aliphatic rings. The van der Waals surface area contributed by atoms with E-state index in [1.165, 1.54) is 24.3 Å². The van der Waals surface area contributed by atoms with Crippen LogP contribution < -0.4 is 10.6 Å². The number of aliphatic imine (C=N–C) groups is 1. The number of fused-ring (bicyclic) bond motifs is 1. The van der Waals surface area contributed by atoms with Crippen molar-refractivity contribution in [3.8, 4) is 0 Å². The van der Waals surface area contributed by atoms with Crippen molar-refractivity contribution >= 4 is 39.5 Å². The molecule has 0 spiro atoms. The normalized spacial score (nSPS) is 17.1. The van der Waals surface area contributed by atoms with Gasteiger partial charge in [0.2, 0.25) is 0 Å². The molecule has 9 nitrogen and oxygen atoms in total. The summed E-state index contributed by atoms with van der Waals surface area (Å²) < 4.78 is 35.8. The first-order valence-electron chi connectivity index (χ1n) is 10.9. The molecule has 1 atom stereocenters. The van der Waals surface area contributed by atoms with Crippen molar-refractivity contribution < 1.29 is 23.1 Å². The highest BCUT2D eigenvalue weighted by atomic mass is 79.9. The van der Waals surface area contributed by atoms with Crippen LogP contribution in [-0.4, -0.2) is 38.0 Å². The third kappa shape index (κ3) is 5.59. The van der Waals surface area contributed by atoms with Gasteiger partial charge < -0.3 is 14.6 Å². The molecule has 4 rings (SSSR count). The van der Waals surface area contributed by atoms with Crippen molar-refractivity contribution in [3.63, 3.8) is 0 Å². The number of halogens is 3. The number of carbonyl (C=O) groups is 2. The van der Waals surface area contributed by atoms with E-state index < -0.39 is 34.8 Å². The van der Waals surface area contributed by atoms with E-state index in [1.54, 1.807) is 38.5 Å². The van der Waals surface area contributed by atoms with Crippen LogP contribution in [0.3, 0.4) is 0 Å². The van der Waals surface area contributed by atoms with Crippen LogP contribution in [0.15, 0.2) is 52.3 Å². The van der Waals surface area contributed by atoms with E-state index >= 15 is 4.39 Å². The number of amides is 2. The number of alkyl carbamates (subject to hydrolysis) is 1. The van der Waals surface area contributed by atoms with E-state index in [9.17, 15) is 14.0 Å². The molecular weight excluding hydrogens is 538 g/mol. The Labute approximate surface area is 214 Å². The van der Waals surface area contributed by atoms with Gasteiger partial charge in [-0.2, -0.15) is 0 Å². The van der Waals surface area contributed by atoms with Crippen LogP contribution in [0.4, 0.5) is 19.3 Å². The number of nitrogens with zero attached hydrogens (tertiary/aromatic N) is 4. The number of pyridine rings is 1. The number of anilines is 1. The Morgan fingerprint density at radius 3 is 2.58 bits per heavy atom. The molecule has 188 valence electrons. The van der Waals surface area contributed by atoms with E-state index in [0.29, 0.717) is 16.1 Å². The second kappa shape index (κ2) is 9.41. The summed E-state index contributed by atoms with van der Waals surface area (Å²) in [5.74, 6) is -1.23. The lowest BCUT2D eigenvalue weighted by molar-refractivity contribution is 0.0562. The first kappa shape index (κ1) is 25.4. The first-order valence-corrected chi connectivity index (χ1v) is 11.7. The number of rotatable bonds is 3. The third-order valence-corrected chi connectivity index (χ3v) is 5.56. The van der Waals surface area contributed by atoms with Gasteiger partial charge in [-0.05, 0) is 74.0 Å². The van der Waals surface area contributed by atoms with Crippen molar-refractivity contribution in [2.24, 2.45) is 4.99 Å². The number of amidine groups is 1. The molecule has 0 saturated heterocycles. The quantitative estimate of drug-likeness (QED) is 0.479. The van der Waals surface area contributed by atoms with Crippen LogP contribution >= 0.6 is 15.9 Å². The van der Waals surface area contributed by atoms with Crippen LogP contribution in [-0.2, 0) is 16.8 Å². The van der Waals surface area contributed by atoms with E-state index in [1.807, 2.05) is 0 Å². The number of imidazole rings is 1. The predicted octanol–water partition coefficient (Wildman–Crippen LogP) is 4.77. The fourth-order valence-electron chi connectivity index (χ4n) is 3.71. The minimum Gasteiger partial charge on any atom is -0.444 e. The highest BCUT2D eigenvalue weighted by molar-refractivity contribution is 9.10. The molecule has 3 heterocycles. The molecule has 0 radical (unpaired) electrons. The number of benzene rings is 1. The number of nitrogens with one attached hydrogen (secondary N) is 2. The smallest absolute Gasteiger partial charge is 0.413 e. The fraction of sp³-hybridized carbons (Fsp3) is 0.292. The van der Waals surface area contributed by atoms with Gasteiger partial charge in [0.1, 0.15) is 33.1 Å². The number of ether oxygens (including phenoxy) is 1. The molecule has 36 heavy (non-hydrogen) atoms. The van der Waals surface area contributed by atoms with E-state index in [4.69, 9.17) is 4.74 Å². The number of hydrogen-bond acceptors (Lipinski definition) is 6. The molecule has 0 saturated carbocycles. The Morgan fingerprint density at radius 2 is 1.92 bits per heavy atom. The van der Waals surface area contributed by atoms with E-state index in [-0.39, 0.29) is 23.6 Å². The van der Waals surface area contributed by atoms with Gasteiger partial charge in [0.15, 0.2) is 11.7 Å². The SMILES string of the molecule is CC(C)(C)OC(=O)NC1=NC(C)(c2cc(NC(=O)c3ccc(F)cn3)ccc2F)Cn2cc(Br)nc21. The van der Waals surface area contributed by atoms with Crippen molar-refractivity contribution in [2.45, 2.75) is 45.4 Å². The van der Waals surface area contributed by atoms with Gasteiger partial charge in [0, 0.05) is 17.4 Å². The van der Waals surface area contributed by atoms with E-state index in [0.717, 1.165) is 12.3 Å². The molecule has 2 N–H and O–H groups in total. The maximum Gasteiger partial charge on any atom is 0.413 e. The number of aromatic nitrogens is 3. The molecule has 1 aliphatic heterocycles. The van der Waals surface area contributed by atoms with Gasteiger partial charge in [-0.3, -0.25) is 15.1 Å². The van der Waals surface area contributed by atoms with Gasteiger partial charge in [0.25, 0.3) is 5.91 Å². The van der Waals surface area contributed by atoms with Crippen LogP contribution in [0.5, 0.6) is 0 Å². The predicted molar refractivity (Wildman–Crippen MR) is 132 cm³/mol. The summed E-state index contributed by atoms with van der Waals surface area (Å²) >= 11 is 3.33. The minimum absolute atomic E-state index is 0.000860. The topological polar surface area (TPSA) is 110 Å². The monoisotopic (exact) mass is 560 g/mol. The van der Waals surface area contributed by atoms with Gasteiger partial charge >= 0.3 is 6.09 Å². The number of carbonyl (C=O) groups excluding carboxylic acids is 2. The standard InChI is InChI=1S/C24H23BrF2N6O3/c1-23(2,3)36-22(35)31-19-20-30-18(25)11-33(20)12-24(4,32-19)15-9-14(6-7-16(15)27)29-21(34)17-8-5-13(26)10-28-17/h5-11H,12H2,1-4H3,(H,29,34)(H,31,32,35). The Morgan fingerprint density at radius 1 is 1.17 bits per heavy atom. The summed E-state index contributed by atoms with van der Waals surface area (Å²) in [6.45, 7) is 7.09. The zero-order valence-electron chi connectivity index (χ0n) is 19.9. The lowest BCUT2D eigenvalue weighted by atomic mass is 9.90. The first-order chi connectivity index (χ1) is 16.8. The zero-order chi connectivity index (χ0) is 26.3. The minimum atomic E-state index is -1.18. The van der Waals surface area contributed by atoms with Gasteiger partial charge in [-0.15, -0.1) is 0 Å². The zero-order valence-corrected chi connectivity index (χ0v) is 21.5. The highest BCUT2D eigenvalue weighted by Crippen LogP contribution is 2.35. The Bertz CT molecular complexity index is 1370. The summed E-state index contributed by atoms with van der Waals surface area (Å²) in [4.78, 5) is 37.8. The average Bonchev–Trinajstić information content (AvgIpc) is 3.14. The summed E-state index contributed by atoms with van der Waals surface area (Å²) in [7, 11) is 0. The van der Waals surface area contributed by atoms with Crippen LogP contribution in [0, 0.1) is 11.6 Å². The third-order valence-electron chi connectivity index (χ3n) is 5.18. The summed E-state index contributed by atoms with van der Waals surface area (Å²) in [6.07, 6.45) is 1.90. The maximum atomic E-state index is 15.1. The number of hydrogen-bond donors (Lipinski definition) is 2. The lowest BCUT2D eigenvalue weighted by Gasteiger charge is -2.32. The van der Waals surface area contributed by atoms with Gasteiger partial charge in [-0.1, -0.05) is 0 Å². The Hall–Kier alpha value is -3.67. The molecule has 0 bridgehead atoms. The molecule has 0 fully saturated rings. The lowest BCUT2D eigenvalue weighted by Crippen LogP contribution is -2.43.